The molecule has 1 aromatic carbocycles. The number of quaternary nitrogens is 1. The monoisotopic (exact) mass is 386 g/mol. The summed E-state index contributed by atoms with van der Waals surface area (Å²) in [5.41, 5.74) is 2.32. The number of pyridine rings is 1. The van der Waals surface area contributed by atoms with Crippen molar-refractivity contribution in [2.75, 3.05) is 26.2 Å². The minimum atomic E-state index is 0.0914. The maximum absolute atomic E-state index is 12.4. The molecule has 1 amide bonds. The highest BCUT2D eigenvalue weighted by Crippen LogP contribution is 2.17. The molecular weight excluding hydrogens is 366 g/mol. The molecule has 1 N–H and O–H groups in total. The Balaban J connectivity index is 1.51. The van der Waals surface area contributed by atoms with Crippen LogP contribution >= 0.6 is 15.9 Å². The summed E-state index contributed by atoms with van der Waals surface area (Å²) in [6.07, 6.45) is 7.22. The smallest absolute Gasteiger partial charge is 0.246 e. The number of aromatic nitrogens is 1. The van der Waals surface area contributed by atoms with E-state index in [1.807, 2.05) is 47.6 Å². The molecule has 24 heavy (non-hydrogen) atoms. The van der Waals surface area contributed by atoms with Gasteiger partial charge in [-0.15, -0.1) is 0 Å². The molecule has 0 radical (unpaired) electrons. The standard InChI is InChI=1S/C19H20BrN3O/c20-18-4-2-1-3-17(18)5-6-19(24)23-13-11-22(12-14-23)15-16-7-9-21-10-8-16/h1-10H,11-15H2/p+1/b6-5+. The van der Waals surface area contributed by atoms with Gasteiger partial charge in [0.15, 0.2) is 0 Å². The van der Waals surface area contributed by atoms with Gasteiger partial charge in [0.1, 0.15) is 6.54 Å². The van der Waals surface area contributed by atoms with E-state index in [1.54, 1.807) is 6.08 Å². The second kappa shape index (κ2) is 8.22. The highest BCUT2D eigenvalue weighted by molar-refractivity contribution is 9.10. The van der Waals surface area contributed by atoms with Crippen molar-refractivity contribution in [2.45, 2.75) is 6.54 Å². The number of amides is 1. The Morgan fingerprint density at radius 2 is 1.88 bits per heavy atom. The number of nitrogens with zero attached hydrogens (tertiary/aromatic N) is 2. The van der Waals surface area contributed by atoms with Crippen LogP contribution in [0.5, 0.6) is 0 Å². The van der Waals surface area contributed by atoms with E-state index in [-0.39, 0.29) is 5.91 Å². The first-order valence-electron chi connectivity index (χ1n) is 8.16. The van der Waals surface area contributed by atoms with Crippen molar-refractivity contribution >= 4 is 27.9 Å². The van der Waals surface area contributed by atoms with Crippen LogP contribution < -0.4 is 4.90 Å². The van der Waals surface area contributed by atoms with Gasteiger partial charge < -0.3 is 9.80 Å². The van der Waals surface area contributed by atoms with Gasteiger partial charge in [0.25, 0.3) is 0 Å². The molecule has 1 fully saturated rings. The van der Waals surface area contributed by atoms with E-state index in [9.17, 15) is 4.79 Å². The fourth-order valence-electron chi connectivity index (χ4n) is 2.89. The number of hydrogen-bond donors (Lipinski definition) is 1. The zero-order valence-corrected chi connectivity index (χ0v) is 15.1. The molecule has 0 unspecified atom stereocenters. The average Bonchev–Trinajstić information content (AvgIpc) is 2.62. The van der Waals surface area contributed by atoms with Crippen LogP contribution in [0.1, 0.15) is 11.1 Å². The lowest BCUT2D eigenvalue weighted by Gasteiger charge is -2.31. The molecule has 0 spiro atoms. The van der Waals surface area contributed by atoms with Crippen molar-refractivity contribution in [3.8, 4) is 0 Å². The predicted molar refractivity (Wildman–Crippen MR) is 98.4 cm³/mol. The number of nitrogens with one attached hydrogen (secondary N) is 1. The van der Waals surface area contributed by atoms with Crippen LogP contribution in [0.2, 0.25) is 0 Å². The Morgan fingerprint density at radius 3 is 2.58 bits per heavy atom. The van der Waals surface area contributed by atoms with Crippen molar-refractivity contribution < 1.29 is 9.69 Å². The first-order chi connectivity index (χ1) is 11.7. The van der Waals surface area contributed by atoms with Crippen molar-refractivity contribution in [2.24, 2.45) is 0 Å². The maximum atomic E-state index is 12.4. The number of piperazine rings is 1. The Labute approximate surface area is 150 Å². The number of benzene rings is 1. The summed E-state index contributed by atoms with van der Waals surface area (Å²) in [5.74, 6) is 0.0914. The number of halogens is 1. The highest BCUT2D eigenvalue weighted by Gasteiger charge is 2.22. The Bertz CT molecular complexity index is 710. The van der Waals surface area contributed by atoms with Crippen LogP contribution in [0, 0.1) is 0 Å². The largest absolute Gasteiger partial charge is 0.328 e. The topological polar surface area (TPSA) is 37.6 Å². The third kappa shape index (κ3) is 4.52. The lowest BCUT2D eigenvalue weighted by Crippen LogP contribution is -3.13. The highest BCUT2D eigenvalue weighted by atomic mass is 79.9. The number of hydrogen-bond acceptors (Lipinski definition) is 2. The van der Waals surface area contributed by atoms with Gasteiger partial charge in [0.05, 0.1) is 26.2 Å². The third-order valence-electron chi connectivity index (χ3n) is 4.30. The van der Waals surface area contributed by atoms with E-state index in [1.165, 1.54) is 10.5 Å². The molecule has 0 bridgehead atoms. The van der Waals surface area contributed by atoms with E-state index >= 15 is 0 Å². The second-order valence-corrected chi connectivity index (χ2v) is 6.82. The lowest BCUT2D eigenvalue weighted by atomic mass is 10.2. The molecule has 1 saturated heterocycles. The Hall–Kier alpha value is -1.98. The minimum absolute atomic E-state index is 0.0914. The van der Waals surface area contributed by atoms with Crippen molar-refractivity contribution in [1.82, 2.24) is 9.88 Å². The summed E-state index contributed by atoms with van der Waals surface area (Å²) in [6.45, 7) is 4.57. The lowest BCUT2D eigenvalue weighted by molar-refractivity contribution is -0.917. The van der Waals surface area contributed by atoms with Gasteiger partial charge in [0, 0.05) is 28.5 Å². The molecule has 1 aromatic heterocycles. The molecule has 2 aromatic rings. The van der Waals surface area contributed by atoms with Crippen molar-refractivity contribution in [1.29, 1.82) is 0 Å². The summed E-state index contributed by atoms with van der Waals surface area (Å²) >= 11 is 3.50. The van der Waals surface area contributed by atoms with Crippen LogP contribution in [0.4, 0.5) is 0 Å². The normalized spacial score (nSPS) is 15.8. The van der Waals surface area contributed by atoms with Crippen LogP contribution in [-0.4, -0.2) is 42.0 Å². The first kappa shape index (κ1) is 16.9. The van der Waals surface area contributed by atoms with Gasteiger partial charge in [-0.3, -0.25) is 9.78 Å². The number of rotatable bonds is 4. The summed E-state index contributed by atoms with van der Waals surface area (Å²) in [5, 5.41) is 0. The van der Waals surface area contributed by atoms with E-state index in [0.29, 0.717) is 0 Å². The van der Waals surface area contributed by atoms with Crippen LogP contribution in [0.3, 0.4) is 0 Å². The van der Waals surface area contributed by atoms with Gasteiger partial charge in [-0.05, 0) is 29.8 Å². The van der Waals surface area contributed by atoms with Crippen LogP contribution in [0.25, 0.3) is 6.08 Å². The second-order valence-electron chi connectivity index (χ2n) is 5.96. The zero-order chi connectivity index (χ0) is 16.8. The fourth-order valence-corrected chi connectivity index (χ4v) is 3.30. The number of carbonyl (C=O) groups is 1. The van der Waals surface area contributed by atoms with Gasteiger partial charge >= 0.3 is 0 Å². The molecule has 2 heterocycles. The summed E-state index contributed by atoms with van der Waals surface area (Å²) < 4.78 is 1.00. The van der Waals surface area contributed by atoms with Crippen molar-refractivity contribution in [3.05, 3.63) is 70.5 Å². The SMILES string of the molecule is O=C(/C=C/c1ccccc1Br)N1CC[NH+](Cc2ccncc2)CC1. The Kier molecular flexibility index (Phi) is 5.77. The molecule has 0 saturated carbocycles. The molecule has 3 rings (SSSR count). The first-order valence-corrected chi connectivity index (χ1v) is 8.95. The van der Waals surface area contributed by atoms with E-state index in [0.717, 1.165) is 42.8 Å². The van der Waals surface area contributed by atoms with Crippen LogP contribution in [-0.2, 0) is 11.3 Å². The van der Waals surface area contributed by atoms with E-state index in [2.05, 4.69) is 33.0 Å². The van der Waals surface area contributed by atoms with Gasteiger partial charge in [-0.2, -0.15) is 0 Å². The molecule has 124 valence electrons. The molecule has 0 atom stereocenters. The van der Waals surface area contributed by atoms with E-state index in [4.69, 9.17) is 0 Å². The molecule has 4 nitrogen and oxygen atoms in total. The Morgan fingerprint density at radius 1 is 1.17 bits per heavy atom. The molecule has 1 aliphatic rings. The average molecular weight is 387 g/mol. The molecular formula is C19H21BrN3O+. The molecule has 1 aliphatic heterocycles. The summed E-state index contributed by atoms with van der Waals surface area (Å²) in [4.78, 5) is 19.9. The zero-order valence-electron chi connectivity index (χ0n) is 13.5. The third-order valence-corrected chi connectivity index (χ3v) is 5.02. The number of carbonyl (C=O) groups excluding carboxylic acids is 1. The van der Waals surface area contributed by atoms with E-state index < -0.39 is 0 Å². The minimum Gasteiger partial charge on any atom is -0.328 e. The van der Waals surface area contributed by atoms with Crippen LogP contribution in [0.15, 0.2) is 59.3 Å². The van der Waals surface area contributed by atoms with Gasteiger partial charge in [-0.25, -0.2) is 0 Å². The quantitative estimate of drug-likeness (QED) is 0.813. The van der Waals surface area contributed by atoms with Gasteiger partial charge in [-0.1, -0.05) is 34.1 Å². The van der Waals surface area contributed by atoms with Crippen molar-refractivity contribution in [3.63, 3.8) is 0 Å². The molecule has 0 aliphatic carbocycles. The summed E-state index contributed by atoms with van der Waals surface area (Å²) in [6, 6.07) is 12.0. The summed E-state index contributed by atoms with van der Waals surface area (Å²) in [7, 11) is 0. The maximum Gasteiger partial charge on any atom is 0.246 e. The van der Waals surface area contributed by atoms with Gasteiger partial charge in [0.2, 0.25) is 5.91 Å². The fraction of sp³-hybridized carbons (Fsp3) is 0.263. The predicted octanol–water partition coefficient (Wildman–Crippen LogP) is 1.78. The molecule has 5 heteroatoms.